The molecule has 0 saturated heterocycles. The van der Waals surface area contributed by atoms with Crippen LogP contribution in [-0.2, 0) is 10.0 Å². The number of hydrogen-bond acceptors (Lipinski definition) is 3. The van der Waals surface area contributed by atoms with Crippen molar-refractivity contribution in [1.82, 2.24) is 13.7 Å². The van der Waals surface area contributed by atoms with Crippen molar-refractivity contribution in [2.75, 3.05) is 6.54 Å². The van der Waals surface area contributed by atoms with Gasteiger partial charge < -0.3 is 4.40 Å². The lowest BCUT2D eigenvalue weighted by Crippen LogP contribution is -2.33. The van der Waals surface area contributed by atoms with Gasteiger partial charge in [0.25, 0.3) is 0 Å². The normalized spacial score (nSPS) is 13.5. The zero-order chi connectivity index (χ0) is 17.3. The summed E-state index contributed by atoms with van der Waals surface area (Å²) in [5.41, 5.74) is 1.43. The Hall–Kier alpha value is -2.25. The second kappa shape index (κ2) is 6.33. The van der Waals surface area contributed by atoms with E-state index in [0.717, 1.165) is 5.56 Å². The molecule has 24 heavy (non-hydrogen) atoms. The molecule has 7 heteroatoms. The van der Waals surface area contributed by atoms with Crippen LogP contribution in [0.1, 0.15) is 25.5 Å². The molecular weight excluding hydrogens is 329 g/mol. The maximum atomic E-state index is 13.1. The Bertz CT molecular complexity index is 951. The summed E-state index contributed by atoms with van der Waals surface area (Å²) in [4.78, 5) is 4.31. The van der Waals surface area contributed by atoms with Gasteiger partial charge in [-0.25, -0.2) is 17.8 Å². The van der Waals surface area contributed by atoms with Crippen molar-refractivity contribution in [3.05, 3.63) is 66.4 Å². The summed E-state index contributed by atoms with van der Waals surface area (Å²) >= 11 is 0. The van der Waals surface area contributed by atoms with Crippen molar-refractivity contribution >= 4 is 15.7 Å². The van der Waals surface area contributed by atoms with Crippen molar-refractivity contribution in [1.29, 1.82) is 0 Å². The maximum absolute atomic E-state index is 13.1. The summed E-state index contributed by atoms with van der Waals surface area (Å²) in [5, 5.41) is 0. The summed E-state index contributed by atoms with van der Waals surface area (Å²) in [6, 6.07) is 8.71. The molecule has 2 aromatic heterocycles. The summed E-state index contributed by atoms with van der Waals surface area (Å²) < 4.78 is 42.2. The molecule has 0 aliphatic heterocycles. The van der Waals surface area contributed by atoms with E-state index in [2.05, 4.69) is 4.98 Å². The largest absolute Gasteiger partial charge is 0.306 e. The van der Waals surface area contributed by atoms with Crippen LogP contribution in [0.5, 0.6) is 0 Å². The van der Waals surface area contributed by atoms with Gasteiger partial charge in [-0.15, -0.1) is 0 Å². The van der Waals surface area contributed by atoms with Gasteiger partial charge in [-0.3, -0.25) is 0 Å². The number of benzene rings is 1. The standard InChI is InChI=1S/C17H18FN3O2S/c1-3-21(13(2)14-4-6-15(18)7-5-14)24(22,23)16-8-9-17-19-10-11-20(17)12-16/h4-13H,3H2,1-2H3/t13-/m0/s1. The number of pyridine rings is 1. The van der Waals surface area contributed by atoms with Gasteiger partial charge in [-0.05, 0) is 36.8 Å². The van der Waals surface area contributed by atoms with Crippen LogP contribution in [0.2, 0.25) is 0 Å². The summed E-state index contributed by atoms with van der Waals surface area (Å²) in [5.74, 6) is -0.345. The highest BCUT2D eigenvalue weighted by Gasteiger charge is 2.29. The molecule has 1 atom stereocenters. The third-order valence-electron chi connectivity index (χ3n) is 4.06. The van der Waals surface area contributed by atoms with E-state index in [1.54, 1.807) is 61.1 Å². The van der Waals surface area contributed by atoms with Gasteiger partial charge in [0.2, 0.25) is 10.0 Å². The topological polar surface area (TPSA) is 54.7 Å². The summed E-state index contributed by atoms with van der Waals surface area (Å²) in [7, 11) is -3.69. The summed E-state index contributed by atoms with van der Waals surface area (Å²) in [6.45, 7) is 3.89. The van der Waals surface area contributed by atoms with Crippen LogP contribution in [0.3, 0.4) is 0 Å². The first-order valence-electron chi connectivity index (χ1n) is 7.63. The first-order valence-corrected chi connectivity index (χ1v) is 9.07. The highest BCUT2D eigenvalue weighted by molar-refractivity contribution is 7.89. The quantitative estimate of drug-likeness (QED) is 0.712. The van der Waals surface area contributed by atoms with Crippen LogP contribution in [0.4, 0.5) is 4.39 Å². The highest BCUT2D eigenvalue weighted by Crippen LogP contribution is 2.27. The Labute approximate surface area is 140 Å². The fourth-order valence-corrected chi connectivity index (χ4v) is 4.38. The molecule has 3 aromatic rings. The van der Waals surface area contributed by atoms with Gasteiger partial charge in [-0.2, -0.15) is 4.31 Å². The molecule has 0 unspecified atom stereocenters. The van der Waals surface area contributed by atoms with Crippen molar-refractivity contribution in [3.63, 3.8) is 0 Å². The SMILES string of the molecule is CCN([C@@H](C)c1ccc(F)cc1)S(=O)(=O)c1ccc2nccn2c1. The number of aromatic nitrogens is 2. The third-order valence-corrected chi connectivity index (χ3v) is 6.09. The molecule has 0 N–H and O–H groups in total. The monoisotopic (exact) mass is 347 g/mol. The molecule has 1 aromatic carbocycles. The highest BCUT2D eigenvalue weighted by atomic mass is 32.2. The number of halogens is 1. The second-order valence-corrected chi connectivity index (χ2v) is 7.38. The minimum atomic E-state index is -3.69. The summed E-state index contributed by atoms with van der Waals surface area (Å²) in [6.07, 6.45) is 4.87. The molecule has 0 aliphatic rings. The fraction of sp³-hybridized carbons (Fsp3) is 0.235. The lowest BCUT2D eigenvalue weighted by Gasteiger charge is -2.27. The van der Waals surface area contributed by atoms with Crippen molar-refractivity contribution < 1.29 is 12.8 Å². The second-order valence-electron chi connectivity index (χ2n) is 5.49. The van der Waals surface area contributed by atoms with Gasteiger partial charge in [0.05, 0.1) is 4.90 Å². The molecule has 3 rings (SSSR count). The molecule has 126 valence electrons. The first-order chi connectivity index (χ1) is 11.4. The van der Waals surface area contributed by atoms with Gasteiger partial charge in [0, 0.05) is 31.2 Å². The number of imidazole rings is 1. The molecule has 0 amide bonds. The number of nitrogens with zero attached hydrogens (tertiary/aromatic N) is 3. The zero-order valence-electron chi connectivity index (χ0n) is 13.4. The third kappa shape index (κ3) is 2.92. The zero-order valence-corrected chi connectivity index (χ0v) is 14.2. The predicted octanol–water partition coefficient (Wildman–Crippen LogP) is 3.25. The van der Waals surface area contributed by atoms with Gasteiger partial charge >= 0.3 is 0 Å². The Morgan fingerprint density at radius 2 is 1.92 bits per heavy atom. The van der Waals surface area contributed by atoms with Crippen LogP contribution < -0.4 is 0 Å². The number of hydrogen-bond donors (Lipinski definition) is 0. The van der Waals surface area contributed by atoms with E-state index in [9.17, 15) is 12.8 Å². The van der Waals surface area contributed by atoms with E-state index in [4.69, 9.17) is 0 Å². The molecule has 0 spiro atoms. The molecule has 0 saturated carbocycles. The lowest BCUT2D eigenvalue weighted by atomic mass is 10.1. The van der Waals surface area contributed by atoms with E-state index in [-0.39, 0.29) is 10.7 Å². The molecule has 0 bridgehead atoms. The minimum absolute atomic E-state index is 0.198. The number of rotatable bonds is 5. The predicted molar refractivity (Wildman–Crippen MR) is 89.6 cm³/mol. The molecule has 0 fully saturated rings. The number of sulfonamides is 1. The molecule has 2 heterocycles. The van der Waals surface area contributed by atoms with Crippen molar-refractivity contribution in [2.45, 2.75) is 24.8 Å². The van der Waals surface area contributed by atoms with E-state index >= 15 is 0 Å². The maximum Gasteiger partial charge on any atom is 0.245 e. The van der Waals surface area contributed by atoms with E-state index < -0.39 is 16.1 Å². The number of fused-ring (bicyclic) bond motifs is 1. The van der Waals surface area contributed by atoms with E-state index in [1.165, 1.54) is 16.4 Å². The molecule has 0 aliphatic carbocycles. The lowest BCUT2D eigenvalue weighted by molar-refractivity contribution is 0.356. The molecular formula is C17H18FN3O2S. The average Bonchev–Trinajstić information content (AvgIpc) is 3.03. The minimum Gasteiger partial charge on any atom is -0.306 e. The fourth-order valence-electron chi connectivity index (χ4n) is 2.75. The molecule has 5 nitrogen and oxygen atoms in total. The van der Waals surface area contributed by atoms with E-state index in [0.29, 0.717) is 12.2 Å². The van der Waals surface area contributed by atoms with Crippen LogP contribution in [0, 0.1) is 5.82 Å². The van der Waals surface area contributed by atoms with Crippen LogP contribution >= 0.6 is 0 Å². The van der Waals surface area contributed by atoms with Crippen LogP contribution in [0.25, 0.3) is 5.65 Å². The smallest absolute Gasteiger partial charge is 0.245 e. The van der Waals surface area contributed by atoms with Gasteiger partial charge in [-0.1, -0.05) is 19.1 Å². The Balaban J connectivity index is 1.99. The van der Waals surface area contributed by atoms with Crippen LogP contribution in [-0.4, -0.2) is 28.7 Å². The molecule has 0 radical (unpaired) electrons. The van der Waals surface area contributed by atoms with Crippen molar-refractivity contribution in [3.8, 4) is 0 Å². The van der Waals surface area contributed by atoms with Crippen LogP contribution in [0.15, 0.2) is 59.9 Å². The Morgan fingerprint density at radius 1 is 1.21 bits per heavy atom. The van der Waals surface area contributed by atoms with Gasteiger partial charge in [0.15, 0.2) is 0 Å². The average molecular weight is 347 g/mol. The Morgan fingerprint density at radius 3 is 2.58 bits per heavy atom. The van der Waals surface area contributed by atoms with E-state index in [1.807, 2.05) is 0 Å². The Kier molecular flexibility index (Phi) is 4.38. The van der Waals surface area contributed by atoms with Crippen molar-refractivity contribution in [2.24, 2.45) is 0 Å². The van der Waals surface area contributed by atoms with Gasteiger partial charge in [0.1, 0.15) is 11.5 Å². The first kappa shape index (κ1) is 16.6.